The van der Waals surface area contributed by atoms with Gasteiger partial charge < -0.3 is 15.0 Å². The van der Waals surface area contributed by atoms with E-state index in [2.05, 4.69) is 41.9 Å². The second kappa shape index (κ2) is 7.53. The van der Waals surface area contributed by atoms with Gasteiger partial charge in [0.15, 0.2) is 0 Å². The number of carbonyl (C=O) groups excluding carboxylic acids is 2. The molecular weight excluding hydrogens is 473 g/mol. The number of alkyl halides is 5. The van der Waals surface area contributed by atoms with Crippen molar-refractivity contribution in [1.82, 2.24) is 5.32 Å². The summed E-state index contributed by atoms with van der Waals surface area (Å²) in [5.41, 5.74) is 0.283. The summed E-state index contributed by atoms with van der Waals surface area (Å²) in [6.45, 7) is 1.94. The van der Waals surface area contributed by atoms with Crippen molar-refractivity contribution < 1.29 is 27.5 Å². The lowest BCUT2D eigenvalue weighted by Gasteiger charge is -2.22. The highest BCUT2D eigenvalue weighted by Crippen LogP contribution is 2.29. The van der Waals surface area contributed by atoms with Gasteiger partial charge in [-0.05, 0) is 25.5 Å². The molecule has 1 aliphatic rings. The first kappa shape index (κ1) is 20.0. The third-order valence-electron chi connectivity index (χ3n) is 3.60. The van der Waals surface area contributed by atoms with Crippen LogP contribution in [0.4, 0.5) is 18.9 Å². The largest absolute Gasteiger partial charge is 0.573 e. The molecule has 25 heavy (non-hydrogen) atoms. The standard InChI is InChI=1S/C15H15Br2F3N2O3/c1-14(17,8-16)13(24)21-11-5-6-22(12(11)23)9-3-2-4-10(7-9)25-15(18,19)20/h2-4,7,11H,5-6,8H2,1H3,(H,21,24). The van der Waals surface area contributed by atoms with E-state index in [1.54, 1.807) is 6.92 Å². The van der Waals surface area contributed by atoms with Crippen molar-refractivity contribution in [3.05, 3.63) is 24.3 Å². The summed E-state index contributed by atoms with van der Waals surface area (Å²) < 4.78 is 40.0. The highest BCUT2D eigenvalue weighted by Gasteiger charge is 2.38. The van der Waals surface area contributed by atoms with Gasteiger partial charge in [0, 0.05) is 23.6 Å². The van der Waals surface area contributed by atoms with Gasteiger partial charge in [0.25, 0.3) is 0 Å². The van der Waals surface area contributed by atoms with Crippen molar-refractivity contribution in [2.75, 3.05) is 16.8 Å². The van der Waals surface area contributed by atoms with Crippen LogP contribution in [0.15, 0.2) is 24.3 Å². The number of ether oxygens (including phenoxy) is 1. The van der Waals surface area contributed by atoms with Crippen LogP contribution in [0, 0.1) is 0 Å². The van der Waals surface area contributed by atoms with Crippen LogP contribution in [-0.4, -0.2) is 40.4 Å². The molecule has 5 nitrogen and oxygen atoms in total. The average molecular weight is 488 g/mol. The highest BCUT2D eigenvalue weighted by atomic mass is 79.9. The fraction of sp³-hybridized carbons (Fsp3) is 0.467. The summed E-state index contributed by atoms with van der Waals surface area (Å²) in [4.78, 5) is 25.9. The van der Waals surface area contributed by atoms with Crippen molar-refractivity contribution in [3.63, 3.8) is 0 Å². The van der Waals surface area contributed by atoms with E-state index < -0.39 is 22.5 Å². The van der Waals surface area contributed by atoms with E-state index in [9.17, 15) is 22.8 Å². The fourth-order valence-electron chi connectivity index (χ4n) is 2.29. The smallest absolute Gasteiger partial charge is 0.406 e. The number of anilines is 1. The Hall–Kier alpha value is -1.29. The van der Waals surface area contributed by atoms with Gasteiger partial charge in [-0.25, -0.2) is 0 Å². The van der Waals surface area contributed by atoms with Crippen molar-refractivity contribution in [2.24, 2.45) is 0 Å². The summed E-state index contributed by atoms with van der Waals surface area (Å²) in [5, 5.41) is 3.01. The first-order valence-electron chi connectivity index (χ1n) is 7.26. The zero-order valence-electron chi connectivity index (χ0n) is 13.1. The Labute approximate surface area is 159 Å². The number of hydrogen-bond acceptors (Lipinski definition) is 3. The highest BCUT2D eigenvalue weighted by molar-refractivity contribution is 9.12. The lowest BCUT2D eigenvalue weighted by Crippen LogP contribution is -2.49. The minimum atomic E-state index is -4.81. The zero-order chi connectivity index (χ0) is 18.8. The van der Waals surface area contributed by atoms with Crippen LogP contribution >= 0.6 is 31.9 Å². The lowest BCUT2D eigenvalue weighted by atomic mass is 10.1. The molecule has 1 N–H and O–H groups in total. The second-order valence-corrected chi connectivity index (χ2v) is 7.99. The quantitative estimate of drug-likeness (QED) is 0.648. The normalized spacial score (nSPS) is 20.3. The molecule has 1 fully saturated rings. The fourth-order valence-corrected chi connectivity index (χ4v) is 2.66. The Bertz CT molecular complexity index is 668. The van der Waals surface area contributed by atoms with Gasteiger partial charge in [-0.2, -0.15) is 0 Å². The monoisotopic (exact) mass is 486 g/mol. The Kier molecular flexibility index (Phi) is 6.03. The van der Waals surface area contributed by atoms with Crippen molar-refractivity contribution >= 4 is 49.4 Å². The van der Waals surface area contributed by atoms with Crippen LogP contribution in [0.25, 0.3) is 0 Å². The number of nitrogens with zero attached hydrogens (tertiary/aromatic N) is 1. The van der Waals surface area contributed by atoms with E-state index in [4.69, 9.17) is 0 Å². The number of benzene rings is 1. The predicted molar refractivity (Wildman–Crippen MR) is 93.2 cm³/mol. The van der Waals surface area contributed by atoms with E-state index in [0.29, 0.717) is 11.8 Å². The van der Waals surface area contributed by atoms with Crippen LogP contribution in [0.3, 0.4) is 0 Å². The van der Waals surface area contributed by atoms with Crippen LogP contribution in [0.2, 0.25) is 0 Å². The van der Waals surface area contributed by atoms with Crippen LogP contribution in [0.5, 0.6) is 5.75 Å². The van der Waals surface area contributed by atoms with Gasteiger partial charge in [-0.15, -0.1) is 13.2 Å². The van der Waals surface area contributed by atoms with E-state index >= 15 is 0 Å². The van der Waals surface area contributed by atoms with Gasteiger partial charge in [0.1, 0.15) is 16.1 Å². The zero-order valence-corrected chi connectivity index (χ0v) is 16.2. The van der Waals surface area contributed by atoms with Crippen LogP contribution in [-0.2, 0) is 9.59 Å². The van der Waals surface area contributed by atoms with Crippen molar-refractivity contribution in [2.45, 2.75) is 30.1 Å². The summed E-state index contributed by atoms with van der Waals surface area (Å²) in [6.07, 6.45) is -4.44. The third kappa shape index (κ3) is 5.10. The average Bonchev–Trinajstić information content (AvgIpc) is 2.87. The van der Waals surface area contributed by atoms with Gasteiger partial charge in [-0.3, -0.25) is 9.59 Å². The molecule has 1 aliphatic heterocycles. The first-order valence-corrected chi connectivity index (χ1v) is 9.18. The number of halogens is 5. The molecular formula is C15H15Br2F3N2O3. The molecule has 2 atom stereocenters. The SMILES string of the molecule is CC(Br)(CBr)C(=O)NC1CCN(c2cccc(OC(F)(F)F)c2)C1=O. The number of hydrogen-bond donors (Lipinski definition) is 1. The molecule has 138 valence electrons. The van der Waals surface area contributed by atoms with E-state index in [1.165, 1.54) is 17.0 Å². The third-order valence-corrected chi connectivity index (χ3v) is 6.11. The number of carbonyl (C=O) groups is 2. The molecule has 1 heterocycles. The summed E-state index contributed by atoms with van der Waals surface area (Å²) in [7, 11) is 0. The lowest BCUT2D eigenvalue weighted by molar-refractivity contribution is -0.274. The Morgan fingerprint density at radius 3 is 2.72 bits per heavy atom. The summed E-state index contributed by atoms with van der Waals surface area (Å²) in [6, 6.07) is 4.45. The molecule has 0 spiro atoms. The Balaban J connectivity index is 2.09. The van der Waals surface area contributed by atoms with E-state index in [1.807, 2.05) is 0 Å². The van der Waals surface area contributed by atoms with Gasteiger partial charge in [-0.1, -0.05) is 37.9 Å². The molecule has 10 heteroatoms. The number of amides is 2. The summed E-state index contributed by atoms with van der Waals surface area (Å²) in [5.74, 6) is -1.13. The van der Waals surface area contributed by atoms with Crippen LogP contribution in [0.1, 0.15) is 13.3 Å². The molecule has 1 aromatic rings. The molecule has 0 saturated carbocycles. The maximum Gasteiger partial charge on any atom is 0.573 e. The number of rotatable bonds is 5. The summed E-state index contributed by atoms with van der Waals surface area (Å²) >= 11 is 6.47. The molecule has 2 amide bonds. The molecule has 2 rings (SSSR count). The number of nitrogens with one attached hydrogen (secondary N) is 1. The Morgan fingerprint density at radius 2 is 2.12 bits per heavy atom. The second-order valence-electron chi connectivity index (χ2n) is 5.68. The van der Waals surface area contributed by atoms with Crippen molar-refractivity contribution in [1.29, 1.82) is 0 Å². The molecule has 0 bridgehead atoms. The van der Waals surface area contributed by atoms with E-state index in [0.717, 1.165) is 12.1 Å². The first-order chi connectivity index (χ1) is 11.5. The maximum absolute atomic E-state index is 12.5. The molecule has 0 aromatic heterocycles. The van der Waals surface area contributed by atoms with Gasteiger partial charge in [0.05, 0.1) is 0 Å². The molecule has 2 unspecified atom stereocenters. The molecule has 1 saturated heterocycles. The molecule has 1 aromatic carbocycles. The van der Waals surface area contributed by atoms with E-state index in [-0.39, 0.29) is 24.0 Å². The topological polar surface area (TPSA) is 58.6 Å². The molecule has 0 aliphatic carbocycles. The molecule has 0 radical (unpaired) electrons. The van der Waals surface area contributed by atoms with Crippen LogP contribution < -0.4 is 15.0 Å². The predicted octanol–water partition coefficient (Wildman–Crippen LogP) is 3.36. The maximum atomic E-state index is 12.5. The van der Waals surface area contributed by atoms with Gasteiger partial charge in [0.2, 0.25) is 11.8 Å². The minimum absolute atomic E-state index is 0.283. The van der Waals surface area contributed by atoms with Gasteiger partial charge >= 0.3 is 6.36 Å². The van der Waals surface area contributed by atoms with Crippen molar-refractivity contribution in [3.8, 4) is 5.75 Å². The Morgan fingerprint density at radius 1 is 1.44 bits per heavy atom. The minimum Gasteiger partial charge on any atom is -0.406 e.